The molecule has 2 rings (SSSR count). The normalized spacial score (nSPS) is 10.7. The summed E-state index contributed by atoms with van der Waals surface area (Å²) in [6, 6.07) is 11.8. The third-order valence-electron chi connectivity index (χ3n) is 2.78. The zero-order valence-corrected chi connectivity index (χ0v) is 13.5. The Morgan fingerprint density at radius 2 is 1.86 bits per heavy atom. The van der Waals surface area contributed by atoms with Crippen molar-refractivity contribution in [3.63, 3.8) is 0 Å². The fourth-order valence-corrected chi connectivity index (χ4v) is 2.62. The van der Waals surface area contributed by atoms with Gasteiger partial charge in [0.05, 0.1) is 0 Å². The first kappa shape index (κ1) is 16.0. The molecule has 21 heavy (non-hydrogen) atoms. The van der Waals surface area contributed by atoms with Gasteiger partial charge >= 0.3 is 0 Å². The number of halogens is 3. The molecule has 2 aromatic rings. The molecular formula is C15H12BrF2NOS. The minimum atomic E-state index is -2.45. The quantitative estimate of drug-likeness (QED) is 0.736. The van der Waals surface area contributed by atoms with Crippen molar-refractivity contribution in [1.82, 2.24) is 0 Å². The Hall–Kier alpha value is -1.40. The van der Waals surface area contributed by atoms with Crippen molar-refractivity contribution < 1.29 is 13.6 Å². The van der Waals surface area contributed by atoms with Crippen molar-refractivity contribution in [3.05, 3.63) is 58.1 Å². The van der Waals surface area contributed by atoms with Crippen LogP contribution in [0.3, 0.4) is 0 Å². The summed E-state index contributed by atoms with van der Waals surface area (Å²) < 4.78 is 25.3. The first-order valence-corrected chi connectivity index (χ1v) is 7.75. The summed E-state index contributed by atoms with van der Waals surface area (Å²) in [7, 11) is 0. The Balaban J connectivity index is 2.10. The molecule has 0 saturated carbocycles. The van der Waals surface area contributed by atoms with Gasteiger partial charge in [-0.15, -0.1) is 0 Å². The summed E-state index contributed by atoms with van der Waals surface area (Å²) in [5.41, 5.74) is 1.99. The van der Waals surface area contributed by atoms with Gasteiger partial charge in [0, 0.05) is 20.6 Å². The Labute approximate surface area is 134 Å². The van der Waals surface area contributed by atoms with Crippen LogP contribution in [0.2, 0.25) is 0 Å². The number of hydrogen-bond donors (Lipinski definition) is 1. The molecule has 110 valence electrons. The molecule has 0 spiro atoms. The molecular weight excluding hydrogens is 360 g/mol. The van der Waals surface area contributed by atoms with Crippen LogP contribution in [0.4, 0.5) is 14.5 Å². The minimum absolute atomic E-state index is 0.233. The van der Waals surface area contributed by atoms with E-state index < -0.39 is 5.76 Å². The second kappa shape index (κ2) is 7.04. The zero-order valence-electron chi connectivity index (χ0n) is 11.1. The van der Waals surface area contributed by atoms with E-state index in [1.165, 1.54) is 0 Å². The van der Waals surface area contributed by atoms with Crippen molar-refractivity contribution in [2.24, 2.45) is 0 Å². The molecule has 0 aromatic heterocycles. The number of aryl methyl sites for hydroxylation is 1. The first-order valence-electron chi connectivity index (χ1n) is 6.08. The fraction of sp³-hybridized carbons (Fsp3) is 0.133. The molecule has 0 aliphatic rings. The van der Waals surface area contributed by atoms with Gasteiger partial charge in [0.2, 0.25) is 0 Å². The van der Waals surface area contributed by atoms with Crippen LogP contribution in [-0.2, 0) is 0 Å². The van der Waals surface area contributed by atoms with E-state index in [1.807, 2.05) is 19.1 Å². The Bertz CT molecular complexity index is 647. The predicted octanol–water partition coefficient (Wildman–Crippen LogP) is 5.32. The van der Waals surface area contributed by atoms with E-state index in [2.05, 4.69) is 21.2 Å². The van der Waals surface area contributed by atoms with Crippen LogP contribution in [0.25, 0.3) is 0 Å². The van der Waals surface area contributed by atoms with E-state index >= 15 is 0 Å². The summed E-state index contributed by atoms with van der Waals surface area (Å²) in [5.74, 6) is -2.68. The zero-order chi connectivity index (χ0) is 15.4. The Morgan fingerprint density at radius 1 is 1.19 bits per heavy atom. The molecule has 0 aliphatic carbocycles. The summed E-state index contributed by atoms with van der Waals surface area (Å²) in [6.45, 7) is 1.85. The highest BCUT2D eigenvalue weighted by molar-refractivity contribution is 9.10. The first-order chi connectivity index (χ1) is 9.95. The molecule has 0 radical (unpaired) electrons. The van der Waals surface area contributed by atoms with Gasteiger partial charge in [-0.25, -0.2) is 0 Å². The highest BCUT2D eigenvalue weighted by Gasteiger charge is 2.10. The Morgan fingerprint density at radius 3 is 2.48 bits per heavy atom. The lowest BCUT2D eigenvalue weighted by Crippen LogP contribution is -2.13. The summed E-state index contributed by atoms with van der Waals surface area (Å²) >= 11 is 3.80. The number of thioether (sulfide) groups is 1. The van der Waals surface area contributed by atoms with Gasteiger partial charge in [-0.2, -0.15) is 8.78 Å². The van der Waals surface area contributed by atoms with E-state index in [1.54, 1.807) is 30.3 Å². The van der Waals surface area contributed by atoms with Crippen LogP contribution in [0.15, 0.2) is 51.8 Å². The number of nitrogens with one attached hydrogen (secondary N) is 1. The van der Waals surface area contributed by atoms with Crippen molar-refractivity contribution in [2.75, 3.05) is 5.32 Å². The molecule has 6 heteroatoms. The number of carbonyl (C=O) groups is 1. The van der Waals surface area contributed by atoms with Crippen molar-refractivity contribution in [2.45, 2.75) is 17.6 Å². The monoisotopic (exact) mass is 371 g/mol. The molecule has 0 bridgehead atoms. The molecule has 0 aliphatic heterocycles. The lowest BCUT2D eigenvalue weighted by Gasteiger charge is -2.09. The highest BCUT2D eigenvalue weighted by Crippen LogP contribution is 2.26. The number of hydrogen-bond acceptors (Lipinski definition) is 2. The largest absolute Gasteiger partial charge is 0.322 e. The maximum atomic E-state index is 12.2. The number of amides is 1. The second-order valence-corrected chi connectivity index (χ2v) is 6.30. The molecule has 0 heterocycles. The summed E-state index contributed by atoms with van der Waals surface area (Å²) in [6.07, 6.45) is 0. The average Bonchev–Trinajstić information content (AvgIpc) is 2.43. The van der Waals surface area contributed by atoms with Crippen LogP contribution in [0.5, 0.6) is 0 Å². The topological polar surface area (TPSA) is 29.1 Å². The third-order valence-corrected chi connectivity index (χ3v) is 4.00. The number of alkyl halides is 2. The second-order valence-electron chi connectivity index (χ2n) is 4.32. The van der Waals surface area contributed by atoms with Crippen molar-refractivity contribution in [3.8, 4) is 0 Å². The number of rotatable bonds is 4. The number of anilines is 1. The van der Waals surface area contributed by atoms with E-state index in [9.17, 15) is 13.6 Å². The lowest BCUT2D eigenvalue weighted by atomic mass is 10.1. The fourth-order valence-electron chi connectivity index (χ4n) is 1.76. The highest BCUT2D eigenvalue weighted by atomic mass is 79.9. The maximum Gasteiger partial charge on any atom is 0.288 e. The Kier molecular flexibility index (Phi) is 5.36. The molecule has 0 saturated heterocycles. The minimum Gasteiger partial charge on any atom is -0.322 e. The van der Waals surface area contributed by atoms with Gasteiger partial charge in [-0.3, -0.25) is 4.79 Å². The molecule has 0 fully saturated rings. The van der Waals surface area contributed by atoms with Gasteiger partial charge in [-0.05, 0) is 48.9 Å². The van der Waals surface area contributed by atoms with E-state index in [0.29, 0.717) is 27.9 Å². The van der Waals surface area contributed by atoms with E-state index in [4.69, 9.17) is 0 Å². The average molecular weight is 372 g/mol. The molecule has 2 aromatic carbocycles. The number of carbonyl (C=O) groups excluding carboxylic acids is 1. The van der Waals surface area contributed by atoms with Crippen LogP contribution < -0.4 is 5.32 Å². The predicted molar refractivity (Wildman–Crippen MR) is 85.1 cm³/mol. The van der Waals surface area contributed by atoms with E-state index in [-0.39, 0.29) is 5.91 Å². The SMILES string of the molecule is Cc1ccc(Br)cc1C(=O)Nc1ccc(SC(F)F)cc1. The molecule has 1 N–H and O–H groups in total. The molecule has 2 nitrogen and oxygen atoms in total. The van der Waals surface area contributed by atoms with Crippen LogP contribution in [0, 0.1) is 6.92 Å². The summed E-state index contributed by atoms with van der Waals surface area (Å²) in [5, 5.41) is 2.75. The van der Waals surface area contributed by atoms with Gasteiger partial charge in [-0.1, -0.05) is 33.8 Å². The van der Waals surface area contributed by atoms with Crippen LogP contribution >= 0.6 is 27.7 Å². The van der Waals surface area contributed by atoms with Crippen molar-refractivity contribution >= 4 is 39.3 Å². The standard InChI is InChI=1S/C15H12BrF2NOS/c1-9-2-3-10(16)8-13(9)14(20)19-11-4-6-12(7-5-11)21-15(17)18/h2-8,15H,1H3,(H,19,20). The van der Waals surface area contributed by atoms with Gasteiger partial charge in [0.25, 0.3) is 11.7 Å². The van der Waals surface area contributed by atoms with Gasteiger partial charge in [0.1, 0.15) is 0 Å². The number of benzene rings is 2. The van der Waals surface area contributed by atoms with Crippen molar-refractivity contribution in [1.29, 1.82) is 0 Å². The molecule has 0 atom stereocenters. The van der Waals surface area contributed by atoms with Crippen LogP contribution in [0.1, 0.15) is 15.9 Å². The van der Waals surface area contributed by atoms with Crippen LogP contribution in [-0.4, -0.2) is 11.7 Å². The van der Waals surface area contributed by atoms with E-state index in [0.717, 1.165) is 10.0 Å². The lowest BCUT2D eigenvalue weighted by molar-refractivity contribution is 0.102. The molecule has 1 amide bonds. The smallest absolute Gasteiger partial charge is 0.288 e. The molecule has 0 unspecified atom stereocenters. The van der Waals surface area contributed by atoms with Gasteiger partial charge in [0.15, 0.2) is 0 Å². The van der Waals surface area contributed by atoms with Gasteiger partial charge < -0.3 is 5.32 Å². The third kappa shape index (κ3) is 4.54. The summed E-state index contributed by atoms with van der Waals surface area (Å²) in [4.78, 5) is 12.7. The maximum absolute atomic E-state index is 12.2.